The Morgan fingerprint density at radius 1 is 1.44 bits per heavy atom. The van der Waals surface area contributed by atoms with Crippen molar-refractivity contribution in [1.29, 1.82) is 0 Å². The van der Waals surface area contributed by atoms with E-state index in [1.165, 1.54) is 0 Å². The Kier molecular flexibility index (Phi) is 4.70. The first-order chi connectivity index (χ1) is 8.75. The quantitative estimate of drug-likeness (QED) is 0.847. The lowest BCUT2D eigenvalue weighted by molar-refractivity contribution is -0.123. The van der Waals surface area contributed by atoms with E-state index in [2.05, 4.69) is 10.3 Å². The molecule has 0 bridgehead atoms. The number of nitrogens with zero attached hydrogens (tertiary/aromatic N) is 1. The van der Waals surface area contributed by atoms with Gasteiger partial charge >= 0.3 is 0 Å². The van der Waals surface area contributed by atoms with Crippen LogP contribution in [-0.4, -0.2) is 28.1 Å². The SMILES string of the molecule is O=C(CCc1cccnc1)NC1CCCCC1O. The van der Waals surface area contributed by atoms with Gasteiger partial charge in [-0.2, -0.15) is 0 Å². The van der Waals surface area contributed by atoms with Gasteiger partial charge in [-0.3, -0.25) is 9.78 Å². The van der Waals surface area contributed by atoms with E-state index >= 15 is 0 Å². The number of carbonyl (C=O) groups is 1. The van der Waals surface area contributed by atoms with E-state index < -0.39 is 0 Å². The summed E-state index contributed by atoms with van der Waals surface area (Å²) in [4.78, 5) is 15.8. The molecule has 1 fully saturated rings. The molecule has 98 valence electrons. The molecule has 0 saturated heterocycles. The summed E-state index contributed by atoms with van der Waals surface area (Å²) >= 11 is 0. The average Bonchev–Trinajstić information content (AvgIpc) is 2.40. The molecule has 2 unspecified atom stereocenters. The first-order valence-electron chi connectivity index (χ1n) is 6.62. The Labute approximate surface area is 107 Å². The highest BCUT2D eigenvalue weighted by Crippen LogP contribution is 2.18. The molecular weight excluding hydrogens is 228 g/mol. The van der Waals surface area contributed by atoms with Crippen molar-refractivity contribution in [2.45, 2.75) is 50.7 Å². The second-order valence-corrected chi connectivity index (χ2v) is 4.89. The maximum absolute atomic E-state index is 11.8. The van der Waals surface area contributed by atoms with Crippen LogP contribution >= 0.6 is 0 Å². The zero-order valence-corrected chi connectivity index (χ0v) is 10.5. The molecule has 1 aliphatic rings. The van der Waals surface area contributed by atoms with E-state index in [4.69, 9.17) is 0 Å². The van der Waals surface area contributed by atoms with E-state index in [1.807, 2.05) is 12.1 Å². The predicted molar refractivity (Wildman–Crippen MR) is 69.0 cm³/mol. The molecular formula is C14H20N2O2. The number of carbonyl (C=O) groups excluding carboxylic acids is 1. The number of nitrogens with one attached hydrogen (secondary N) is 1. The molecule has 1 saturated carbocycles. The Balaban J connectivity index is 1.75. The van der Waals surface area contributed by atoms with E-state index in [0.29, 0.717) is 12.8 Å². The Bertz CT molecular complexity index is 381. The molecule has 1 amide bonds. The molecule has 0 radical (unpaired) electrons. The van der Waals surface area contributed by atoms with Gasteiger partial charge < -0.3 is 10.4 Å². The maximum Gasteiger partial charge on any atom is 0.220 e. The van der Waals surface area contributed by atoms with Gasteiger partial charge in [0.2, 0.25) is 5.91 Å². The van der Waals surface area contributed by atoms with Crippen LogP contribution < -0.4 is 5.32 Å². The van der Waals surface area contributed by atoms with Crippen molar-refractivity contribution in [3.05, 3.63) is 30.1 Å². The summed E-state index contributed by atoms with van der Waals surface area (Å²) in [7, 11) is 0. The number of hydrogen-bond acceptors (Lipinski definition) is 3. The first kappa shape index (κ1) is 13.0. The van der Waals surface area contributed by atoms with Crippen molar-refractivity contribution in [2.24, 2.45) is 0 Å². The maximum atomic E-state index is 11.8. The van der Waals surface area contributed by atoms with Gasteiger partial charge in [0.05, 0.1) is 12.1 Å². The summed E-state index contributed by atoms with van der Waals surface area (Å²) in [6.07, 6.45) is 8.12. The van der Waals surface area contributed by atoms with Crippen LogP contribution in [0.25, 0.3) is 0 Å². The van der Waals surface area contributed by atoms with Gasteiger partial charge in [-0.25, -0.2) is 0 Å². The summed E-state index contributed by atoms with van der Waals surface area (Å²) in [6, 6.07) is 3.79. The van der Waals surface area contributed by atoms with Crippen molar-refractivity contribution < 1.29 is 9.90 Å². The lowest BCUT2D eigenvalue weighted by Gasteiger charge is -2.28. The van der Waals surface area contributed by atoms with Crippen LogP contribution in [0.4, 0.5) is 0 Å². The highest BCUT2D eigenvalue weighted by molar-refractivity contribution is 5.76. The molecule has 0 aliphatic heterocycles. The number of pyridine rings is 1. The number of aromatic nitrogens is 1. The van der Waals surface area contributed by atoms with Crippen molar-refractivity contribution in [3.63, 3.8) is 0 Å². The molecule has 2 N–H and O–H groups in total. The van der Waals surface area contributed by atoms with E-state index in [9.17, 15) is 9.90 Å². The van der Waals surface area contributed by atoms with Crippen molar-refractivity contribution in [2.75, 3.05) is 0 Å². The predicted octanol–water partition coefficient (Wildman–Crippen LogP) is 1.43. The summed E-state index contributed by atoms with van der Waals surface area (Å²) in [5.41, 5.74) is 1.07. The van der Waals surface area contributed by atoms with E-state index in [-0.39, 0.29) is 18.1 Å². The highest BCUT2D eigenvalue weighted by Gasteiger charge is 2.24. The Morgan fingerprint density at radius 2 is 2.28 bits per heavy atom. The fourth-order valence-electron chi connectivity index (χ4n) is 2.36. The molecule has 0 aromatic carbocycles. The van der Waals surface area contributed by atoms with Crippen LogP contribution in [0.2, 0.25) is 0 Å². The fraction of sp³-hybridized carbons (Fsp3) is 0.571. The Morgan fingerprint density at radius 3 is 3.00 bits per heavy atom. The number of aryl methyl sites for hydroxylation is 1. The van der Waals surface area contributed by atoms with Gasteiger partial charge in [0.15, 0.2) is 0 Å². The van der Waals surface area contributed by atoms with Crippen LogP contribution in [0, 0.1) is 0 Å². The third-order valence-corrected chi connectivity index (χ3v) is 3.44. The van der Waals surface area contributed by atoms with Crippen molar-refractivity contribution in [1.82, 2.24) is 10.3 Å². The molecule has 4 nitrogen and oxygen atoms in total. The van der Waals surface area contributed by atoms with Gasteiger partial charge in [0, 0.05) is 18.8 Å². The van der Waals surface area contributed by atoms with Crippen LogP contribution in [0.1, 0.15) is 37.7 Å². The minimum Gasteiger partial charge on any atom is -0.391 e. The molecule has 1 aliphatic carbocycles. The molecule has 0 spiro atoms. The number of rotatable bonds is 4. The monoisotopic (exact) mass is 248 g/mol. The smallest absolute Gasteiger partial charge is 0.220 e. The number of amides is 1. The largest absolute Gasteiger partial charge is 0.391 e. The number of hydrogen-bond donors (Lipinski definition) is 2. The van der Waals surface area contributed by atoms with Crippen LogP contribution in [0.5, 0.6) is 0 Å². The third kappa shape index (κ3) is 3.81. The fourth-order valence-corrected chi connectivity index (χ4v) is 2.36. The van der Waals surface area contributed by atoms with Crippen molar-refractivity contribution in [3.8, 4) is 0 Å². The van der Waals surface area contributed by atoms with Gasteiger partial charge in [-0.1, -0.05) is 18.9 Å². The molecule has 4 heteroatoms. The summed E-state index contributed by atoms with van der Waals surface area (Å²) in [5.74, 6) is 0.0183. The summed E-state index contributed by atoms with van der Waals surface area (Å²) in [6.45, 7) is 0. The van der Waals surface area contributed by atoms with Crippen LogP contribution in [-0.2, 0) is 11.2 Å². The molecule has 18 heavy (non-hydrogen) atoms. The molecule has 2 rings (SSSR count). The van der Waals surface area contributed by atoms with Crippen molar-refractivity contribution >= 4 is 5.91 Å². The zero-order valence-electron chi connectivity index (χ0n) is 10.5. The standard InChI is InChI=1S/C14H20N2O2/c17-13-6-2-1-5-12(13)16-14(18)8-7-11-4-3-9-15-10-11/h3-4,9-10,12-13,17H,1-2,5-8H2,(H,16,18). The highest BCUT2D eigenvalue weighted by atomic mass is 16.3. The van der Waals surface area contributed by atoms with E-state index in [1.54, 1.807) is 12.4 Å². The van der Waals surface area contributed by atoms with Gasteiger partial charge in [0.1, 0.15) is 0 Å². The number of aliphatic hydroxyl groups excluding tert-OH is 1. The second kappa shape index (κ2) is 6.50. The number of aliphatic hydroxyl groups is 1. The summed E-state index contributed by atoms with van der Waals surface area (Å²) < 4.78 is 0. The second-order valence-electron chi connectivity index (χ2n) is 4.89. The lowest BCUT2D eigenvalue weighted by Crippen LogP contribution is -2.45. The molecule has 1 aromatic rings. The van der Waals surface area contributed by atoms with Gasteiger partial charge in [-0.15, -0.1) is 0 Å². The lowest BCUT2D eigenvalue weighted by atomic mass is 9.92. The third-order valence-electron chi connectivity index (χ3n) is 3.44. The minimum absolute atomic E-state index is 0.0183. The normalized spacial score (nSPS) is 23.6. The average molecular weight is 248 g/mol. The Hall–Kier alpha value is -1.42. The topological polar surface area (TPSA) is 62.2 Å². The zero-order chi connectivity index (χ0) is 12.8. The first-order valence-corrected chi connectivity index (χ1v) is 6.62. The van der Waals surface area contributed by atoms with Crippen LogP contribution in [0.3, 0.4) is 0 Å². The molecule has 2 atom stereocenters. The molecule has 1 aromatic heterocycles. The van der Waals surface area contributed by atoms with E-state index in [0.717, 1.165) is 31.2 Å². The summed E-state index contributed by atoms with van der Waals surface area (Å²) in [5, 5.41) is 12.7. The minimum atomic E-state index is -0.374. The van der Waals surface area contributed by atoms with Gasteiger partial charge in [0.25, 0.3) is 0 Å². The van der Waals surface area contributed by atoms with Crippen LogP contribution in [0.15, 0.2) is 24.5 Å². The molecule has 1 heterocycles. The van der Waals surface area contributed by atoms with Gasteiger partial charge in [-0.05, 0) is 30.9 Å².